The summed E-state index contributed by atoms with van der Waals surface area (Å²) < 4.78 is 5.72. The van der Waals surface area contributed by atoms with E-state index >= 15 is 0 Å². The molecular weight excluding hydrogens is 248 g/mol. The summed E-state index contributed by atoms with van der Waals surface area (Å²) in [7, 11) is 1.55. The number of ether oxygens (including phenoxy) is 1. The fraction of sp³-hybridized carbons (Fsp3) is 0.846. The van der Waals surface area contributed by atoms with Crippen LogP contribution in [0, 0.1) is 0 Å². The van der Waals surface area contributed by atoms with Crippen LogP contribution in [0.2, 0.25) is 0 Å². The molecule has 1 heterocycles. The summed E-state index contributed by atoms with van der Waals surface area (Å²) in [6.07, 6.45) is 4.31. The molecule has 1 saturated carbocycles. The third-order valence-electron chi connectivity index (χ3n) is 4.22. The maximum Gasteiger partial charge on any atom is 0.326 e. The molecule has 19 heavy (non-hydrogen) atoms. The first-order chi connectivity index (χ1) is 9.02. The van der Waals surface area contributed by atoms with E-state index in [1.807, 2.05) is 0 Å². The Morgan fingerprint density at radius 3 is 2.74 bits per heavy atom. The van der Waals surface area contributed by atoms with Crippen LogP contribution in [0.4, 0.5) is 4.79 Å². The summed E-state index contributed by atoms with van der Waals surface area (Å²) >= 11 is 0. The van der Waals surface area contributed by atoms with Gasteiger partial charge in [0.05, 0.1) is 18.8 Å². The van der Waals surface area contributed by atoms with Crippen molar-refractivity contribution in [2.75, 3.05) is 20.2 Å². The molecule has 1 N–H and O–H groups in total. The van der Waals surface area contributed by atoms with Crippen molar-refractivity contribution in [2.45, 2.75) is 50.8 Å². The fourth-order valence-corrected chi connectivity index (χ4v) is 2.87. The second-order valence-corrected chi connectivity index (χ2v) is 5.36. The lowest BCUT2D eigenvalue weighted by atomic mass is 9.90. The fourth-order valence-electron chi connectivity index (χ4n) is 2.87. The monoisotopic (exact) mass is 270 g/mol. The number of fused-ring (bicyclic) bond motifs is 1. The molecule has 3 unspecified atom stereocenters. The number of urea groups is 1. The lowest BCUT2D eigenvalue weighted by Gasteiger charge is -2.45. The Labute approximate surface area is 113 Å². The highest BCUT2D eigenvalue weighted by Crippen LogP contribution is 2.29. The Morgan fingerprint density at radius 1 is 1.37 bits per heavy atom. The molecule has 3 atom stereocenters. The van der Waals surface area contributed by atoms with Crippen molar-refractivity contribution in [3.05, 3.63) is 0 Å². The highest BCUT2D eigenvalue weighted by atomic mass is 16.5. The number of nitrogens with zero attached hydrogens (tertiary/aromatic N) is 2. The Hall–Kier alpha value is -1.30. The van der Waals surface area contributed by atoms with E-state index in [1.165, 1.54) is 11.8 Å². The van der Waals surface area contributed by atoms with Crippen LogP contribution in [0.1, 0.15) is 32.6 Å². The van der Waals surface area contributed by atoms with Gasteiger partial charge in [0.1, 0.15) is 6.04 Å². The van der Waals surface area contributed by atoms with E-state index in [2.05, 4.69) is 0 Å². The Morgan fingerprint density at radius 2 is 2.05 bits per heavy atom. The van der Waals surface area contributed by atoms with Crippen LogP contribution in [0.5, 0.6) is 0 Å². The van der Waals surface area contributed by atoms with E-state index in [9.17, 15) is 9.59 Å². The number of carboxylic acid groups (broad SMARTS) is 1. The smallest absolute Gasteiger partial charge is 0.326 e. The number of amides is 2. The van der Waals surface area contributed by atoms with Gasteiger partial charge in [-0.15, -0.1) is 0 Å². The van der Waals surface area contributed by atoms with Gasteiger partial charge >= 0.3 is 12.0 Å². The minimum atomic E-state index is -0.982. The lowest BCUT2D eigenvalue weighted by Crippen LogP contribution is -2.59. The Kier molecular flexibility index (Phi) is 4.29. The van der Waals surface area contributed by atoms with Crippen molar-refractivity contribution < 1.29 is 19.4 Å². The Bertz CT molecular complexity index is 359. The SMILES string of the molecule is CC(C(=O)O)N(C)C(=O)N1CCOC2CCCCC21. The molecule has 2 amide bonds. The van der Waals surface area contributed by atoms with Gasteiger partial charge in [-0.25, -0.2) is 9.59 Å². The molecular formula is C13H22N2O4. The third-order valence-corrected chi connectivity index (χ3v) is 4.22. The molecule has 6 nitrogen and oxygen atoms in total. The number of hydrogen-bond donors (Lipinski definition) is 1. The van der Waals surface area contributed by atoms with Crippen molar-refractivity contribution in [1.82, 2.24) is 9.80 Å². The Balaban J connectivity index is 2.06. The predicted octanol–water partition coefficient (Wildman–Crippen LogP) is 1.15. The number of rotatable bonds is 2. The molecule has 0 aromatic carbocycles. The van der Waals surface area contributed by atoms with Crippen LogP contribution in [0.3, 0.4) is 0 Å². The van der Waals surface area contributed by atoms with E-state index in [4.69, 9.17) is 9.84 Å². The second-order valence-electron chi connectivity index (χ2n) is 5.36. The maximum atomic E-state index is 12.4. The molecule has 1 aliphatic carbocycles. The van der Waals surface area contributed by atoms with Crippen molar-refractivity contribution in [1.29, 1.82) is 0 Å². The number of carbonyl (C=O) groups is 2. The summed E-state index contributed by atoms with van der Waals surface area (Å²) in [6.45, 7) is 2.62. The van der Waals surface area contributed by atoms with Crippen LogP contribution in [-0.2, 0) is 9.53 Å². The highest BCUT2D eigenvalue weighted by Gasteiger charge is 2.38. The van der Waals surface area contributed by atoms with Gasteiger partial charge < -0.3 is 19.6 Å². The van der Waals surface area contributed by atoms with Gasteiger partial charge in [-0.1, -0.05) is 12.8 Å². The van der Waals surface area contributed by atoms with E-state index in [0.717, 1.165) is 25.7 Å². The number of morpholine rings is 1. The molecule has 2 rings (SSSR count). The van der Waals surface area contributed by atoms with Crippen LogP contribution in [0.25, 0.3) is 0 Å². The van der Waals surface area contributed by atoms with E-state index < -0.39 is 12.0 Å². The first-order valence-corrected chi connectivity index (χ1v) is 6.90. The van der Waals surface area contributed by atoms with Gasteiger partial charge in [0, 0.05) is 13.6 Å². The summed E-state index contributed by atoms with van der Waals surface area (Å²) in [4.78, 5) is 26.5. The summed E-state index contributed by atoms with van der Waals surface area (Å²) in [6, 6.07) is -0.897. The van der Waals surface area contributed by atoms with Crippen molar-refractivity contribution in [3.63, 3.8) is 0 Å². The quantitative estimate of drug-likeness (QED) is 0.817. The van der Waals surface area contributed by atoms with Gasteiger partial charge in [-0.2, -0.15) is 0 Å². The van der Waals surface area contributed by atoms with Gasteiger partial charge in [-0.05, 0) is 19.8 Å². The number of carbonyl (C=O) groups excluding carboxylic acids is 1. The van der Waals surface area contributed by atoms with Gasteiger partial charge in [0.2, 0.25) is 0 Å². The molecule has 0 aromatic rings. The predicted molar refractivity (Wildman–Crippen MR) is 69.0 cm³/mol. The number of hydrogen-bond acceptors (Lipinski definition) is 3. The molecule has 108 valence electrons. The first-order valence-electron chi connectivity index (χ1n) is 6.90. The average molecular weight is 270 g/mol. The molecule has 0 bridgehead atoms. The van der Waals surface area contributed by atoms with Crippen LogP contribution < -0.4 is 0 Å². The van der Waals surface area contributed by atoms with Crippen LogP contribution in [-0.4, -0.2) is 65.3 Å². The zero-order valence-corrected chi connectivity index (χ0v) is 11.5. The van der Waals surface area contributed by atoms with Crippen LogP contribution >= 0.6 is 0 Å². The molecule has 0 aromatic heterocycles. The summed E-state index contributed by atoms with van der Waals surface area (Å²) in [5.41, 5.74) is 0. The van der Waals surface area contributed by atoms with Crippen molar-refractivity contribution in [2.24, 2.45) is 0 Å². The number of carboxylic acids is 1. The van der Waals surface area contributed by atoms with Gasteiger partial charge in [0.15, 0.2) is 0 Å². The molecule has 0 spiro atoms. The zero-order chi connectivity index (χ0) is 14.0. The minimum Gasteiger partial charge on any atom is -0.480 e. The molecule has 2 fully saturated rings. The third kappa shape index (κ3) is 2.83. The largest absolute Gasteiger partial charge is 0.480 e. The maximum absolute atomic E-state index is 12.4. The number of aliphatic carboxylic acids is 1. The zero-order valence-electron chi connectivity index (χ0n) is 11.5. The van der Waals surface area contributed by atoms with E-state index in [-0.39, 0.29) is 18.2 Å². The molecule has 1 aliphatic heterocycles. The molecule has 0 radical (unpaired) electrons. The first kappa shape index (κ1) is 14.1. The van der Waals surface area contributed by atoms with Crippen molar-refractivity contribution >= 4 is 12.0 Å². The normalized spacial score (nSPS) is 28.4. The van der Waals surface area contributed by atoms with E-state index in [0.29, 0.717) is 13.2 Å². The summed E-state index contributed by atoms with van der Waals surface area (Å²) in [5.74, 6) is -0.982. The molecule has 1 saturated heterocycles. The van der Waals surface area contributed by atoms with Gasteiger partial charge in [-0.3, -0.25) is 0 Å². The average Bonchev–Trinajstić information content (AvgIpc) is 2.44. The lowest BCUT2D eigenvalue weighted by molar-refractivity contribution is -0.141. The van der Waals surface area contributed by atoms with Crippen LogP contribution in [0.15, 0.2) is 0 Å². The number of likely N-dealkylation sites (N-methyl/N-ethyl adjacent to an activating group) is 1. The van der Waals surface area contributed by atoms with E-state index in [1.54, 1.807) is 11.9 Å². The van der Waals surface area contributed by atoms with Crippen molar-refractivity contribution in [3.8, 4) is 0 Å². The summed E-state index contributed by atoms with van der Waals surface area (Å²) in [5, 5.41) is 8.99. The van der Waals surface area contributed by atoms with Gasteiger partial charge in [0.25, 0.3) is 0 Å². The molecule has 2 aliphatic rings. The highest BCUT2D eigenvalue weighted by molar-refractivity contribution is 5.82. The second kappa shape index (κ2) is 5.77. The molecule has 6 heteroatoms. The minimum absolute atomic E-state index is 0.110. The standard InChI is InChI=1S/C13H22N2O4/c1-9(12(16)17)14(2)13(18)15-7-8-19-11-6-4-3-5-10(11)15/h9-11H,3-8H2,1-2H3,(H,16,17). The topological polar surface area (TPSA) is 70.1 Å².